The lowest BCUT2D eigenvalue weighted by molar-refractivity contribution is -0.137. The van der Waals surface area contributed by atoms with Crippen LogP contribution >= 0.6 is 0 Å². The Kier molecular flexibility index (Phi) is 8.91. The molecule has 1 atom stereocenters. The van der Waals surface area contributed by atoms with Gasteiger partial charge < -0.3 is 19.9 Å². The van der Waals surface area contributed by atoms with Crippen molar-refractivity contribution in [2.75, 3.05) is 19.8 Å². The number of hydrogen-bond acceptors (Lipinski definition) is 5. The van der Waals surface area contributed by atoms with Crippen molar-refractivity contribution < 1.29 is 32.5 Å². The highest BCUT2D eigenvalue weighted by Crippen LogP contribution is 2.29. The monoisotopic (exact) mass is 454 g/mol. The fraction of sp³-hybridized carbons (Fsp3) is 0.435. The van der Waals surface area contributed by atoms with E-state index in [4.69, 9.17) is 9.47 Å². The quantitative estimate of drug-likeness (QED) is 0.549. The Balaban J connectivity index is 1.92. The predicted octanol–water partition coefficient (Wildman–Crippen LogP) is 4.43. The molecule has 32 heavy (non-hydrogen) atoms. The van der Waals surface area contributed by atoms with E-state index < -0.39 is 29.5 Å². The highest BCUT2D eigenvalue weighted by molar-refractivity contribution is 5.68. The maximum absolute atomic E-state index is 12.8. The summed E-state index contributed by atoms with van der Waals surface area (Å²) >= 11 is 0. The van der Waals surface area contributed by atoms with E-state index in [1.165, 1.54) is 11.0 Å². The molecular weight excluding hydrogens is 425 g/mol. The van der Waals surface area contributed by atoms with E-state index in [0.717, 1.165) is 12.1 Å². The molecular formula is C23H29F3N2O4. The Morgan fingerprint density at radius 2 is 1.78 bits per heavy atom. The second kappa shape index (κ2) is 11.2. The van der Waals surface area contributed by atoms with Gasteiger partial charge in [0.1, 0.15) is 11.4 Å². The number of halogens is 3. The SMILES string of the molecule is CC(C)(C)OC(=O)N(COc1ccccc1)CC(O)CNCc1cccc(C(F)(F)F)c1. The van der Waals surface area contributed by atoms with Gasteiger partial charge in [0.15, 0.2) is 6.73 Å². The summed E-state index contributed by atoms with van der Waals surface area (Å²) in [6.07, 6.45) is -6.06. The van der Waals surface area contributed by atoms with Gasteiger partial charge in [-0.25, -0.2) is 4.79 Å². The van der Waals surface area contributed by atoms with Gasteiger partial charge in [-0.05, 0) is 44.5 Å². The average molecular weight is 454 g/mol. The van der Waals surface area contributed by atoms with Crippen molar-refractivity contribution in [3.63, 3.8) is 0 Å². The zero-order valence-corrected chi connectivity index (χ0v) is 18.4. The first-order valence-electron chi connectivity index (χ1n) is 10.1. The summed E-state index contributed by atoms with van der Waals surface area (Å²) in [6.45, 7) is 5.16. The van der Waals surface area contributed by atoms with Crippen LogP contribution < -0.4 is 10.1 Å². The Bertz CT molecular complexity index is 854. The van der Waals surface area contributed by atoms with Gasteiger partial charge in [-0.15, -0.1) is 0 Å². The molecule has 1 amide bonds. The first-order chi connectivity index (χ1) is 14.9. The van der Waals surface area contributed by atoms with Crippen LogP contribution in [0, 0.1) is 0 Å². The minimum absolute atomic E-state index is 0.0564. The number of carbonyl (C=O) groups excluding carboxylic acids is 1. The van der Waals surface area contributed by atoms with Gasteiger partial charge in [0.25, 0.3) is 0 Å². The second-order valence-electron chi connectivity index (χ2n) is 8.27. The first kappa shape index (κ1) is 25.5. The molecule has 176 valence electrons. The fourth-order valence-corrected chi connectivity index (χ4v) is 2.74. The van der Waals surface area contributed by atoms with Crippen molar-refractivity contribution in [1.29, 1.82) is 0 Å². The molecule has 0 saturated carbocycles. The number of nitrogens with zero attached hydrogens (tertiary/aromatic N) is 1. The number of aliphatic hydroxyl groups is 1. The zero-order chi connectivity index (χ0) is 23.8. The van der Waals surface area contributed by atoms with Crippen LogP contribution in [0.25, 0.3) is 0 Å². The Morgan fingerprint density at radius 3 is 2.41 bits per heavy atom. The molecule has 0 aliphatic carbocycles. The van der Waals surface area contributed by atoms with E-state index in [1.54, 1.807) is 51.1 Å². The van der Waals surface area contributed by atoms with Crippen LogP contribution in [0.5, 0.6) is 5.75 Å². The van der Waals surface area contributed by atoms with Crippen LogP contribution in [0.15, 0.2) is 54.6 Å². The van der Waals surface area contributed by atoms with Crippen molar-refractivity contribution in [3.05, 3.63) is 65.7 Å². The van der Waals surface area contributed by atoms with E-state index in [-0.39, 0.29) is 26.4 Å². The van der Waals surface area contributed by atoms with Gasteiger partial charge in [-0.3, -0.25) is 4.90 Å². The first-order valence-corrected chi connectivity index (χ1v) is 10.1. The zero-order valence-electron chi connectivity index (χ0n) is 18.4. The number of carbonyl (C=O) groups is 1. The van der Waals surface area contributed by atoms with Crippen LogP contribution in [0.1, 0.15) is 31.9 Å². The molecule has 1 unspecified atom stereocenters. The topological polar surface area (TPSA) is 71.0 Å². The number of hydrogen-bond donors (Lipinski definition) is 2. The number of para-hydroxylation sites is 1. The van der Waals surface area contributed by atoms with Gasteiger partial charge in [0.05, 0.1) is 18.2 Å². The third-order valence-electron chi connectivity index (χ3n) is 4.18. The molecule has 0 radical (unpaired) electrons. The molecule has 2 N–H and O–H groups in total. The number of amides is 1. The lowest BCUT2D eigenvalue weighted by Gasteiger charge is -2.28. The third kappa shape index (κ3) is 9.15. The number of rotatable bonds is 9. The molecule has 0 aliphatic heterocycles. The van der Waals surface area contributed by atoms with E-state index in [2.05, 4.69) is 5.32 Å². The minimum Gasteiger partial charge on any atom is -0.473 e. The van der Waals surface area contributed by atoms with Crippen LogP contribution in [-0.4, -0.2) is 47.6 Å². The summed E-state index contributed by atoms with van der Waals surface area (Å²) in [5.41, 5.74) is -1.02. The molecule has 0 spiro atoms. The second-order valence-corrected chi connectivity index (χ2v) is 8.27. The van der Waals surface area contributed by atoms with Crippen LogP contribution in [-0.2, 0) is 17.5 Å². The van der Waals surface area contributed by atoms with Gasteiger partial charge in [0, 0.05) is 13.1 Å². The highest BCUT2D eigenvalue weighted by Gasteiger charge is 2.30. The maximum Gasteiger partial charge on any atom is 0.416 e. The van der Waals surface area contributed by atoms with E-state index in [0.29, 0.717) is 11.3 Å². The largest absolute Gasteiger partial charge is 0.473 e. The molecule has 2 aromatic rings. The molecule has 2 rings (SSSR count). The maximum atomic E-state index is 12.8. The molecule has 0 heterocycles. The Hall–Kier alpha value is -2.78. The normalized spacial score (nSPS) is 12.8. The summed E-state index contributed by atoms with van der Waals surface area (Å²) in [5, 5.41) is 13.3. The summed E-state index contributed by atoms with van der Waals surface area (Å²) < 4.78 is 49.5. The molecule has 6 nitrogen and oxygen atoms in total. The van der Waals surface area contributed by atoms with Gasteiger partial charge in [-0.2, -0.15) is 13.2 Å². The number of ether oxygens (including phenoxy) is 2. The molecule has 0 saturated heterocycles. The fourth-order valence-electron chi connectivity index (χ4n) is 2.74. The van der Waals surface area contributed by atoms with Crippen LogP contribution in [0.4, 0.5) is 18.0 Å². The standard InChI is InChI=1S/C23H29F3N2O4/c1-22(2,3)32-21(30)28(16-31-20-10-5-4-6-11-20)15-19(29)14-27-13-17-8-7-9-18(12-17)23(24,25)26/h4-12,19,27,29H,13-16H2,1-3H3. The molecule has 0 bridgehead atoms. The minimum atomic E-state index is -4.41. The van der Waals surface area contributed by atoms with Crippen molar-refractivity contribution in [3.8, 4) is 5.75 Å². The van der Waals surface area contributed by atoms with Crippen molar-refractivity contribution in [2.45, 2.75) is 45.2 Å². The van der Waals surface area contributed by atoms with Gasteiger partial charge >= 0.3 is 12.3 Å². The Morgan fingerprint density at radius 1 is 1.09 bits per heavy atom. The number of alkyl halides is 3. The predicted molar refractivity (Wildman–Crippen MR) is 114 cm³/mol. The lowest BCUT2D eigenvalue weighted by atomic mass is 10.1. The van der Waals surface area contributed by atoms with Gasteiger partial charge in [0.2, 0.25) is 0 Å². The van der Waals surface area contributed by atoms with Gasteiger partial charge in [-0.1, -0.05) is 36.4 Å². The number of benzene rings is 2. The molecule has 0 aliphatic rings. The Labute approximate surface area is 185 Å². The molecule has 2 aromatic carbocycles. The van der Waals surface area contributed by atoms with Crippen LogP contribution in [0.3, 0.4) is 0 Å². The van der Waals surface area contributed by atoms with E-state index in [9.17, 15) is 23.1 Å². The molecule has 0 fully saturated rings. The summed E-state index contributed by atoms with van der Waals surface area (Å²) in [4.78, 5) is 13.8. The highest BCUT2D eigenvalue weighted by atomic mass is 19.4. The molecule has 9 heteroatoms. The molecule has 0 aromatic heterocycles. The summed E-state index contributed by atoms with van der Waals surface area (Å²) in [6, 6.07) is 13.8. The number of aliphatic hydroxyl groups excluding tert-OH is 1. The smallest absolute Gasteiger partial charge is 0.416 e. The summed E-state index contributed by atoms with van der Waals surface area (Å²) in [7, 11) is 0. The van der Waals surface area contributed by atoms with Crippen molar-refractivity contribution in [1.82, 2.24) is 10.2 Å². The van der Waals surface area contributed by atoms with Crippen LogP contribution in [0.2, 0.25) is 0 Å². The number of nitrogens with one attached hydrogen (secondary N) is 1. The third-order valence-corrected chi connectivity index (χ3v) is 4.18. The van der Waals surface area contributed by atoms with E-state index >= 15 is 0 Å². The van der Waals surface area contributed by atoms with E-state index in [1.807, 2.05) is 6.07 Å². The summed E-state index contributed by atoms with van der Waals surface area (Å²) in [5.74, 6) is 0.554. The lowest BCUT2D eigenvalue weighted by Crippen LogP contribution is -2.45. The van der Waals surface area contributed by atoms with Crippen molar-refractivity contribution in [2.24, 2.45) is 0 Å². The average Bonchev–Trinajstić information content (AvgIpc) is 2.70. The van der Waals surface area contributed by atoms with Crippen molar-refractivity contribution >= 4 is 6.09 Å².